The summed E-state index contributed by atoms with van der Waals surface area (Å²) in [6.07, 6.45) is 2.60. The number of ether oxygens (including phenoxy) is 1. The van der Waals surface area contributed by atoms with Gasteiger partial charge in [0.15, 0.2) is 5.78 Å². The van der Waals surface area contributed by atoms with Crippen LogP contribution in [0.1, 0.15) is 30.1 Å². The van der Waals surface area contributed by atoms with E-state index in [1.165, 1.54) is 13.0 Å². The van der Waals surface area contributed by atoms with Gasteiger partial charge >= 0.3 is 0 Å². The molecular formula is C17H23N3O4. The van der Waals surface area contributed by atoms with Crippen molar-refractivity contribution in [3.8, 4) is 0 Å². The fourth-order valence-corrected chi connectivity index (χ4v) is 3.40. The molecule has 0 amide bonds. The maximum Gasteiger partial charge on any atom is 0.293 e. The number of hydrogen-bond donors (Lipinski definition) is 0. The van der Waals surface area contributed by atoms with Gasteiger partial charge in [-0.05, 0) is 31.9 Å². The third-order valence-electron chi connectivity index (χ3n) is 4.78. The lowest BCUT2D eigenvalue weighted by atomic mass is 10.1. The molecule has 0 saturated carbocycles. The van der Waals surface area contributed by atoms with Crippen molar-refractivity contribution in [2.24, 2.45) is 0 Å². The van der Waals surface area contributed by atoms with E-state index in [1.54, 1.807) is 12.1 Å². The highest BCUT2D eigenvalue weighted by atomic mass is 16.6. The zero-order valence-electron chi connectivity index (χ0n) is 13.9. The van der Waals surface area contributed by atoms with Crippen LogP contribution in [0.5, 0.6) is 0 Å². The van der Waals surface area contributed by atoms with Crippen LogP contribution in [0.3, 0.4) is 0 Å². The summed E-state index contributed by atoms with van der Waals surface area (Å²) in [5, 5.41) is 11.4. The Labute approximate surface area is 141 Å². The quantitative estimate of drug-likeness (QED) is 0.467. The van der Waals surface area contributed by atoms with Crippen molar-refractivity contribution in [2.45, 2.75) is 25.9 Å². The number of nitro groups is 1. The fraction of sp³-hybridized carbons (Fsp3) is 0.588. The van der Waals surface area contributed by atoms with E-state index in [1.807, 2.05) is 4.90 Å². The molecule has 2 aliphatic heterocycles. The molecular weight excluding hydrogens is 310 g/mol. The number of ketones is 1. The number of carbonyl (C=O) groups excluding carboxylic acids is 1. The van der Waals surface area contributed by atoms with E-state index in [0.717, 1.165) is 52.2 Å². The Morgan fingerprint density at radius 2 is 2.08 bits per heavy atom. The van der Waals surface area contributed by atoms with Crippen LogP contribution < -0.4 is 4.90 Å². The number of nitrogens with zero attached hydrogens (tertiary/aromatic N) is 3. The molecule has 1 aromatic carbocycles. The van der Waals surface area contributed by atoms with E-state index < -0.39 is 4.92 Å². The molecule has 24 heavy (non-hydrogen) atoms. The Morgan fingerprint density at radius 1 is 1.33 bits per heavy atom. The van der Waals surface area contributed by atoms with Gasteiger partial charge in [0.2, 0.25) is 0 Å². The second-order valence-electron chi connectivity index (χ2n) is 6.44. The molecule has 2 fully saturated rings. The topological polar surface area (TPSA) is 75.9 Å². The van der Waals surface area contributed by atoms with Crippen molar-refractivity contribution in [2.75, 3.05) is 44.2 Å². The number of nitro benzene ring substituents is 1. The molecule has 130 valence electrons. The van der Waals surface area contributed by atoms with Gasteiger partial charge in [-0.3, -0.25) is 19.8 Å². The molecule has 0 spiro atoms. The first-order valence-electron chi connectivity index (χ1n) is 8.43. The van der Waals surface area contributed by atoms with Crippen molar-refractivity contribution in [1.82, 2.24) is 4.90 Å². The Kier molecular flexibility index (Phi) is 5.11. The van der Waals surface area contributed by atoms with Gasteiger partial charge in [0.25, 0.3) is 5.69 Å². The molecule has 0 N–H and O–H groups in total. The summed E-state index contributed by atoms with van der Waals surface area (Å²) in [6.45, 7) is 6.44. The van der Waals surface area contributed by atoms with Crippen molar-refractivity contribution < 1.29 is 14.5 Å². The molecule has 0 aliphatic carbocycles. The van der Waals surface area contributed by atoms with Crippen LogP contribution >= 0.6 is 0 Å². The third kappa shape index (κ3) is 3.73. The van der Waals surface area contributed by atoms with E-state index in [0.29, 0.717) is 17.4 Å². The average Bonchev–Trinajstić information content (AvgIpc) is 3.08. The first kappa shape index (κ1) is 16.9. The number of piperazine rings is 1. The summed E-state index contributed by atoms with van der Waals surface area (Å²) >= 11 is 0. The molecule has 0 unspecified atom stereocenters. The zero-order chi connectivity index (χ0) is 17.1. The second kappa shape index (κ2) is 7.27. The highest BCUT2D eigenvalue weighted by Crippen LogP contribution is 2.30. The van der Waals surface area contributed by atoms with E-state index in [4.69, 9.17) is 4.74 Å². The molecule has 2 saturated heterocycles. The number of Topliss-reactive ketones (excluding diaryl/α,β-unsaturated/α-hetero) is 1. The summed E-state index contributed by atoms with van der Waals surface area (Å²) in [5.41, 5.74) is 0.986. The lowest BCUT2D eigenvalue weighted by molar-refractivity contribution is -0.384. The lowest BCUT2D eigenvalue weighted by Gasteiger charge is -2.36. The first-order valence-corrected chi connectivity index (χ1v) is 8.43. The van der Waals surface area contributed by atoms with E-state index in [2.05, 4.69) is 4.90 Å². The van der Waals surface area contributed by atoms with Gasteiger partial charge in [0, 0.05) is 51.0 Å². The average molecular weight is 333 g/mol. The van der Waals surface area contributed by atoms with Crippen LogP contribution in [-0.2, 0) is 4.74 Å². The Balaban J connectivity index is 1.67. The van der Waals surface area contributed by atoms with Crippen LogP contribution in [0, 0.1) is 10.1 Å². The lowest BCUT2D eigenvalue weighted by Crippen LogP contribution is -2.48. The molecule has 1 atom stereocenters. The van der Waals surface area contributed by atoms with Gasteiger partial charge in [-0.25, -0.2) is 0 Å². The highest BCUT2D eigenvalue weighted by molar-refractivity contribution is 5.95. The fourth-order valence-electron chi connectivity index (χ4n) is 3.40. The van der Waals surface area contributed by atoms with Gasteiger partial charge in [-0.2, -0.15) is 0 Å². The van der Waals surface area contributed by atoms with Crippen molar-refractivity contribution >= 4 is 17.2 Å². The number of rotatable bonds is 5. The monoisotopic (exact) mass is 333 g/mol. The minimum Gasteiger partial charge on any atom is -0.377 e. The first-order chi connectivity index (χ1) is 11.5. The third-order valence-corrected chi connectivity index (χ3v) is 4.78. The molecule has 0 bridgehead atoms. The van der Waals surface area contributed by atoms with Gasteiger partial charge in [0.1, 0.15) is 5.69 Å². The zero-order valence-corrected chi connectivity index (χ0v) is 13.9. The highest BCUT2D eigenvalue weighted by Gasteiger charge is 2.26. The Hall–Kier alpha value is -1.99. The number of carbonyl (C=O) groups is 1. The molecule has 0 aromatic heterocycles. The van der Waals surface area contributed by atoms with E-state index in [9.17, 15) is 14.9 Å². The SMILES string of the molecule is CC(=O)c1ccc(N2CCN(C[C@@H]3CCCO3)CC2)c([N+](=O)[O-])c1. The van der Waals surface area contributed by atoms with Crippen LogP contribution in [0.2, 0.25) is 0 Å². The molecule has 0 radical (unpaired) electrons. The van der Waals surface area contributed by atoms with Crippen molar-refractivity contribution in [3.63, 3.8) is 0 Å². The summed E-state index contributed by atoms with van der Waals surface area (Å²) in [7, 11) is 0. The molecule has 7 heteroatoms. The predicted molar refractivity (Wildman–Crippen MR) is 90.7 cm³/mol. The van der Waals surface area contributed by atoms with Crippen LogP contribution in [0.15, 0.2) is 18.2 Å². The Bertz CT molecular complexity index is 620. The predicted octanol–water partition coefficient (Wildman–Crippen LogP) is 2.10. The molecule has 7 nitrogen and oxygen atoms in total. The number of benzene rings is 1. The Morgan fingerprint density at radius 3 is 2.67 bits per heavy atom. The van der Waals surface area contributed by atoms with Crippen LogP contribution in [0.25, 0.3) is 0 Å². The van der Waals surface area contributed by atoms with Gasteiger partial charge in [0.05, 0.1) is 11.0 Å². The van der Waals surface area contributed by atoms with Crippen LogP contribution in [-0.4, -0.2) is 61.0 Å². The van der Waals surface area contributed by atoms with Crippen LogP contribution in [0.4, 0.5) is 11.4 Å². The molecule has 3 rings (SSSR count). The minimum atomic E-state index is -0.402. The maximum absolute atomic E-state index is 11.5. The number of hydrogen-bond acceptors (Lipinski definition) is 6. The second-order valence-corrected chi connectivity index (χ2v) is 6.44. The molecule has 2 aliphatic rings. The van der Waals surface area contributed by atoms with Crippen molar-refractivity contribution in [3.05, 3.63) is 33.9 Å². The normalized spacial score (nSPS) is 21.9. The van der Waals surface area contributed by atoms with Crippen molar-refractivity contribution in [1.29, 1.82) is 0 Å². The standard InChI is InChI=1S/C17H23N3O4/c1-13(21)14-4-5-16(17(11-14)20(22)23)19-8-6-18(7-9-19)12-15-3-2-10-24-15/h4-5,11,15H,2-3,6-10,12H2,1H3/t15-/m0/s1. The summed E-state index contributed by atoms with van der Waals surface area (Å²) in [6, 6.07) is 4.75. The molecule has 2 heterocycles. The van der Waals surface area contributed by atoms with Gasteiger partial charge in [-0.1, -0.05) is 0 Å². The van der Waals surface area contributed by atoms with E-state index in [-0.39, 0.29) is 11.5 Å². The summed E-state index contributed by atoms with van der Waals surface area (Å²) in [5.74, 6) is -0.161. The maximum atomic E-state index is 11.5. The largest absolute Gasteiger partial charge is 0.377 e. The summed E-state index contributed by atoms with van der Waals surface area (Å²) in [4.78, 5) is 26.8. The van der Waals surface area contributed by atoms with Gasteiger partial charge in [-0.15, -0.1) is 0 Å². The van der Waals surface area contributed by atoms with Gasteiger partial charge < -0.3 is 9.64 Å². The number of anilines is 1. The summed E-state index contributed by atoms with van der Waals surface area (Å²) < 4.78 is 5.68. The smallest absolute Gasteiger partial charge is 0.293 e. The van der Waals surface area contributed by atoms with E-state index >= 15 is 0 Å². The minimum absolute atomic E-state index is 0.00952. The molecule has 1 aromatic rings.